The molecular weight excluding hydrogens is 318 g/mol. The van der Waals surface area contributed by atoms with E-state index in [1.807, 2.05) is 25.1 Å². The molecule has 2 amide bonds. The van der Waals surface area contributed by atoms with Gasteiger partial charge in [-0.15, -0.1) is 0 Å². The zero-order valence-electron chi connectivity index (χ0n) is 13.7. The maximum absolute atomic E-state index is 13.2. The molecule has 0 saturated heterocycles. The van der Waals surface area contributed by atoms with Crippen molar-refractivity contribution >= 4 is 34.2 Å². The van der Waals surface area contributed by atoms with Crippen molar-refractivity contribution in [2.45, 2.75) is 25.8 Å². The maximum atomic E-state index is 13.2. The predicted molar refractivity (Wildman–Crippen MR) is 94.5 cm³/mol. The SMILES string of the molecule is CCC[C@H]1C(=O)Nc2ccccc2N1C(=O)c1cnc2[nH]ncc2c1. The smallest absolute Gasteiger partial charge is 0.260 e. The first-order chi connectivity index (χ1) is 12.2. The molecule has 0 spiro atoms. The Morgan fingerprint density at radius 3 is 2.96 bits per heavy atom. The van der Waals surface area contributed by atoms with Gasteiger partial charge in [-0.2, -0.15) is 5.10 Å². The lowest BCUT2D eigenvalue weighted by atomic mass is 10.0. The van der Waals surface area contributed by atoms with E-state index in [1.54, 1.807) is 23.2 Å². The van der Waals surface area contributed by atoms with Crippen LogP contribution in [0.4, 0.5) is 11.4 Å². The molecule has 25 heavy (non-hydrogen) atoms. The topological polar surface area (TPSA) is 91.0 Å². The summed E-state index contributed by atoms with van der Waals surface area (Å²) in [6.07, 6.45) is 4.52. The Hall–Kier alpha value is -3.22. The number of aromatic amines is 1. The van der Waals surface area contributed by atoms with E-state index < -0.39 is 6.04 Å². The number of para-hydroxylation sites is 2. The average molecular weight is 335 g/mol. The van der Waals surface area contributed by atoms with Gasteiger partial charge in [0.1, 0.15) is 6.04 Å². The van der Waals surface area contributed by atoms with Gasteiger partial charge in [-0.3, -0.25) is 19.6 Å². The van der Waals surface area contributed by atoms with Gasteiger partial charge in [-0.25, -0.2) is 4.98 Å². The standard InChI is InChI=1S/C18H17N5O2/c1-2-5-15-17(24)21-13-6-3-4-7-14(13)23(15)18(25)12-8-11-10-20-22-16(11)19-9-12/h3-4,6-10,15H,2,5H2,1H3,(H,21,24)(H,19,20,22)/t15-/m0/s1. The molecule has 2 aromatic heterocycles. The Morgan fingerprint density at radius 1 is 1.28 bits per heavy atom. The molecule has 0 fully saturated rings. The molecule has 2 N–H and O–H groups in total. The summed E-state index contributed by atoms with van der Waals surface area (Å²) in [5.74, 6) is -0.400. The number of aromatic nitrogens is 3. The first kappa shape index (κ1) is 15.3. The number of pyridine rings is 1. The number of H-pyrrole nitrogens is 1. The van der Waals surface area contributed by atoms with Gasteiger partial charge in [0.15, 0.2) is 5.65 Å². The molecule has 126 valence electrons. The first-order valence-electron chi connectivity index (χ1n) is 8.21. The second-order valence-electron chi connectivity index (χ2n) is 6.02. The lowest BCUT2D eigenvalue weighted by molar-refractivity contribution is -0.117. The Balaban J connectivity index is 1.81. The highest BCUT2D eigenvalue weighted by atomic mass is 16.2. The lowest BCUT2D eigenvalue weighted by Gasteiger charge is -2.36. The van der Waals surface area contributed by atoms with Gasteiger partial charge in [0.05, 0.1) is 23.1 Å². The minimum Gasteiger partial charge on any atom is -0.322 e. The lowest BCUT2D eigenvalue weighted by Crippen LogP contribution is -2.51. The molecule has 0 unspecified atom stereocenters. The Labute approximate surface area is 144 Å². The van der Waals surface area contributed by atoms with Crippen molar-refractivity contribution in [3.63, 3.8) is 0 Å². The second-order valence-corrected chi connectivity index (χ2v) is 6.02. The van der Waals surface area contributed by atoms with E-state index in [9.17, 15) is 9.59 Å². The zero-order valence-corrected chi connectivity index (χ0v) is 13.7. The third-order valence-corrected chi connectivity index (χ3v) is 4.35. The number of carbonyl (C=O) groups is 2. The molecule has 1 aliphatic heterocycles. The highest BCUT2D eigenvalue weighted by Gasteiger charge is 2.36. The summed E-state index contributed by atoms with van der Waals surface area (Å²) in [7, 11) is 0. The van der Waals surface area contributed by atoms with E-state index in [0.717, 1.165) is 11.8 Å². The Morgan fingerprint density at radius 2 is 2.12 bits per heavy atom. The molecule has 7 nitrogen and oxygen atoms in total. The van der Waals surface area contributed by atoms with Gasteiger partial charge >= 0.3 is 0 Å². The van der Waals surface area contributed by atoms with Gasteiger partial charge in [-0.05, 0) is 24.6 Å². The predicted octanol–water partition coefficient (Wildman–Crippen LogP) is 2.73. The number of carbonyl (C=O) groups excluding carboxylic acids is 2. The van der Waals surface area contributed by atoms with Gasteiger partial charge in [0.25, 0.3) is 5.91 Å². The molecule has 1 aromatic carbocycles. The number of anilines is 2. The third kappa shape index (κ3) is 2.53. The fourth-order valence-electron chi connectivity index (χ4n) is 3.17. The number of hydrogen-bond acceptors (Lipinski definition) is 4. The number of rotatable bonds is 3. The Bertz CT molecular complexity index is 965. The van der Waals surface area contributed by atoms with Crippen LogP contribution in [0, 0.1) is 0 Å². The number of hydrogen-bond donors (Lipinski definition) is 2. The van der Waals surface area contributed by atoms with Crippen LogP contribution < -0.4 is 10.2 Å². The monoisotopic (exact) mass is 335 g/mol. The molecule has 1 atom stereocenters. The summed E-state index contributed by atoms with van der Waals surface area (Å²) < 4.78 is 0. The van der Waals surface area contributed by atoms with Crippen LogP contribution in [-0.4, -0.2) is 33.0 Å². The van der Waals surface area contributed by atoms with Crippen LogP contribution in [0.5, 0.6) is 0 Å². The third-order valence-electron chi connectivity index (χ3n) is 4.35. The molecule has 0 bridgehead atoms. The van der Waals surface area contributed by atoms with Crippen molar-refractivity contribution in [2.24, 2.45) is 0 Å². The van der Waals surface area contributed by atoms with Crippen molar-refractivity contribution in [2.75, 3.05) is 10.2 Å². The van der Waals surface area contributed by atoms with Crippen molar-refractivity contribution in [1.82, 2.24) is 15.2 Å². The second kappa shape index (κ2) is 6.01. The van der Waals surface area contributed by atoms with Gasteiger partial charge < -0.3 is 5.32 Å². The van der Waals surface area contributed by atoms with E-state index in [0.29, 0.717) is 29.0 Å². The molecule has 1 aliphatic rings. The van der Waals surface area contributed by atoms with Crippen LogP contribution >= 0.6 is 0 Å². The number of nitrogens with zero attached hydrogens (tertiary/aromatic N) is 3. The molecular formula is C18H17N5O2. The Kier molecular flexibility index (Phi) is 3.68. The summed E-state index contributed by atoms with van der Waals surface area (Å²) in [5.41, 5.74) is 2.40. The zero-order chi connectivity index (χ0) is 17.4. The molecule has 0 radical (unpaired) electrons. The van der Waals surface area contributed by atoms with Crippen LogP contribution in [0.2, 0.25) is 0 Å². The van der Waals surface area contributed by atoms with Crippen LogP contribution in [0.1, 0.15) is 30.1 Å². The average Bonchev–Trinajstić information content (AvgIpc) is 3.09. The number of fused-ring (bicyclic) bond motifs is 2. The van der Waals surface area contributed by atoms with Gasteiger partial charge in [0, 0.05) is 11.6 Å². The van der Waals surface area contributed by atoms with Crippen molar-refractivity contribution in [1.29, 1.82) is 0 Å². The van der Waals surface area contributed by atoms with Gasteiger partial charge in [-0.1, -0.05) is 25.5 Å². The molecule has 4 rings (SSSR count). The molecule has 0 saturated carbocycles. The largest absolute Gasteiger partial charge is 0.322 e. The first-order valence-corrected chi connectivity index (χ1v) is 8.21. The summed E-state index contributed by atoms with van der Waals surface area (Å²) in [4.78, 5) is 31.6. The number of nitrogens with one attached hydrogen (secondary N) is 2. The van der Waals surface area contributed by atoms with E-state index >= 15 is 0 Å². The fraction of sp³-hybridized carbons (Fsp3) is 0.222. The van der Waals surface area contributed by atoms with Crippen molar-refractivity contribution in [3.05, 3.63) is 48.3 Å². The van der Waals surface area contributed by atoms with E-state index in [1.165, 1.54) is 6.20 Å². The van der Waals surface area contributed by atoms with Crippen LogP contribution in [0.15, 0.2) is 42.7 Å². The van der Waals surface area contributed by atoms with E-state index in [4.69, 9.17) is 0 Å². The van der Waals surface area contributed by atoms with Gasteiger partial charge in [0.2, 0.25) is 5.91 Å². The maximum Gasteiger partial charge on any atom is 0.260 e. The molecule has 0 aliphatic carbocycles. The highest BCUT2D eigenvalue weighted by Crippen LogP contribution is 2.34. The normalized spacial score (nSPS) is 16.6. The minimum absolute atomic E-state index is 0.161. The molecule has 7 heteroatoms. The quantitative estimate of drug-likeness (QED) is 0.770. The molecule has 3 heterocycles. The van der Waals surface area contributed by atoms with Crippen LogP contribution in [0.25, 0.3) is 11.0 Å². The van der Waals surface area contributed by atoms with Crippen LogP contribution in [0.3, 0.4) is 0 Å². The summed E-state index contributed by atoms with van der Waals surface area (Å²) in [6, 6.07) is 8.55. The summed E-state index contributed by atoms with van der Waals surface area (Å²) in [6.45, 7) is 2.00. The van der Waals surface area contributed by atoms with Crippen molar-refractivity contribution in [3.8, 4) is 0 Å². The highest BCUT2D eigenvalue weighted by molar-refractivity contribution is 6.17. The van der Waals surface area contributed by atoms with E-state index in [2.05, 4.69) is 20.5 Å². The summed E-state index contributed by atoms with van der Waals surface area (Å²) >= 11 is 0. The molecule has 3 aromatic rings. The summed E-state index contributed by atoms with van der Waals surface area (Å²) in [5, 5.41) is 10.3. The number of amides is 2. The van der Waals surface area contributed by atoms with Crippen molar-refractivity contribution < 1.29 is 9.59 Å². The van der Waals surface area contributed by atoms with Crippen LogP contribution in [-0.2, 0) is 4.79 Å². The van der Waals surface area contributed by atoms with E-state index in [-0.39, 0.29) is 11.8 Å². The minimum atomic E-state index is -0.535. The fourth-order valence-corrected chi connectivity index (χ4v) is 3.17. The number of benzene rings is 1.